The van der Waals surface area contributed by atoms with E-state index >= 15 is 0 Å². The second kappa shape index (κ2) is 5.18. The molecule has 12 heavy (non-hydrogen) atoms. The van der Waals surface area contributed by atoms with E-state index in [1.807, 2.05) is 0 Å². The van der Waals surface area contributed by atoms with E-state index in [2.05, 4.69) is 9.59 Å². The summed E-state index contributed by atoms with van der Waals surface area (Å²) in [6, 6.07) is 0. The summed E-state index contributed by atoms with van der Waals surface area (Å²) in [6.07, 6.45) is 2.73. The maximum Gasteiger partial charge on any atom is 0.0915 e. The van der Waals surface area contributed by atoms with E-state index in [0.717, 1.165) is 11.3 Å². The van der Waals surface area contributed by atoms with E-state index < -0.39 is 6.10 Å². The molecule has 1 aromatic heterocycles. The molecule has 0 spiro atoms. The van der Waals surface area contributed by atoms with Crippen LogP contribution in [0, 0.1) is 0 Å². The van der Waals surface area contributed by atoms with Crippen LogP contribution in [-0.4, -0.2) is 28.4 Å². The third kappa shape index (κ3) is 2.84. The second-order valence-electron chi connectivity index (χ2n) is 2.47. The quantitative estimate of drug-likeness (QED) is 0.700. The third-order valence-electron chi connectivity index (χ3n) is 1.53. The molecule has 4 nitrogen and oxygen atoms in total. The van der Waals surface area contributed by atoms with Gasteiger partial charge in [-0.2, -0.15) is 0 Å². The van der Waals surface area contributed by atoms with Crippen LogP contribution in [0.4, 0.5) is 0 Å². The average Bonchev–Trinajstić information content (AvgIpc) is 2.56. The molecule has 5 heteroatoms. The first-order valence-electron chi connectivity index (χ1n) is 3.79. The van der Waals surface area contributed by atoms with Crippen molar-refractivity contribution in [3.8, 4) is 0 Å². The van der Waals surface area contributed by atoms with Crippen LogP contribution in [0.5, 0.6) is 0 Å². The van der Waals surface area contributed by atoms with Crippen molar-refractivity contribution in [2.75, 3.05) is 13.7 Å². The minimum Gasteiger partial charge on any atom is -0.387 e. The lowest BCUT2D eigenvalue weighted by molar-refractivity contribution is 0.138. The van der Waals surface area contributed by atoms with Crippen LogP contribution in [0.3, 0.4) is 0 Å². The van der Waals surface area contributed by atoms with E-state index in [4.69, 9.17) is 4.74 Å². The van der Waals surface area contributed by atoms with Crippen molar-refractivity contribution in [1.29, 1.82) is 0 Å². The summed E-state index contributed by atoms with van der Waals surface area (Å²) in [5.41, 5.74) is 0. The highest BCUT2D eigenvalue weighted by atomic mass is 32.1. The molecule has 1 atom stereocenters. The van der Waals surface area contributed by atoms with Crippen LogP contribution in [0.1, 0.15) is 23.8 Å². The Kier molecular flexibility index (Phi) is 4.13. The minimum atomic E-state index is -0.430. The van der Waals surface area contributed by atoms with E-state index in [1.54, 1.807) is 13.3 Å². The molecule has 1 rings (SSSR count). The Morgan fingerprint density at radius 2 is 2.58 bits per heavy atom. The van der Waals surface area contributed by atoms with Crippen molar-refractivity contribution in [2.24, 2.45) is 0 Å². The fourth-order valence-corrected chi connectivity index (χ4v) is 1.41. The average molecular weight is 188 g/mol. The van der Waals surface area contributed by atoms with Crippen molar-refractivity contribution in [1.82, 2.24) is 9.59 Å². The van der Waals surface area contributed by atoms with Gasteiger partial charge in [-0.15, -0.1) is 5.10 Å². The molecule has 0 fully saturated rings. The van der Waals surface area contributed by atoms with Gasteiger partial charge >= 0.3 is 0 Å². The first-order valence-corrected chi connectivity index (χ1v) is 4.56. The van der Waals surface area contributed by atoms with Crippen molar-refractivity contribution in [3.63, 3.8) is 0 Å². The predicted octanol–water partition coefficient (Wildman–Crippen LogP) is 0.998. The van der Waals surface area contributed by atoms with Crippen LogP contribution in [0.25, 0.3) is 0 Å². The van der Waals surface area contributed by atoms with E-state index in [-0.39, 0.29) is 0 Å². The van der Waals surface area contributed by atoms with Crippen LogP contribution in [0.15, 0.2) is 6.20 Å². The maximum atomic E-state index is 9.51. The van der Waals surface area contributed by atoms with Crippen LogP contribution < -0.4 is 0 Å². The molecule has 68 valence electrons. The first-order chi connectivity index (χ1) is 5.84. The molecule has 0 amide bonds. The SMILES string of the molecule is COCCCC(O)c1cnns1. The van der Waals surface area contributed by atoms with Gasteiger partial charge in [0.05, 0.1) is 17.2 Å². The summed E-state index contributed by atoms with van der Waals surface area (Å²) in [5, 5.41) is 13.2. The standard InChI is InChI=1S/C7H12N2O2S/c1-11-4-2-3-6(10)7-5-8-9-12-7/h5-6,10H,2-4H2,1H3. The maximum absolute atomic E-state index is 9.51. The summed E-state index contributed by atoms with van der Waals surface area (Å²) >= 11 is 1.24. The molecule has 0 saturated carbocycles. The molecule has 1 N–H and O–H groups in total. The first kappa shape index (κ1) is 9.57. The van der Waals surface area contributed by atoms with Gasteiger partial charge in [-0.25, -0.2) is 0 Å². The van der Waals surface area contributed by atoms with Crippen molar-refractivity contribution < 1.29 is 9.84 Å². The third-order valence-corrected chi connectivity index (χ3v) is 2.30. The molecule has 1 aromatic rings. The number of rotatable bonds is 5. The number of hydrogen-bond donors (Lipinski definition) is 1. The number of nitrogens with zero attached hydrogens (tertiary/aromatic N) is 2. The Labute approximate surface area is 75.4 Å². The van der Waals surface area contributed by atoms with Crippen molar-refractivity contribution in [3.05, 3.63) is 11.1 Å². The summed E-state index contributed by atoms with van der Waals surface area (Å²) < 4.78 is 8.54. The van der Waals surface area contributed by atoms with Crippen molar-refractivity contribution in [2.45, 2.75) is 18.9 Å². The predicted molar refractivity (Wildman–Crippen MR) is 46.0 cm³/mol. The number of aromatic nitrogens is 2. The molecule has 0 aliphatic carbocycles. The summed E-state index contributed by atoms with van der Waals surface area (Å²) in [4.78, 5) is 0.825. The molecule has 0 radical (unpaired) electrons. The molecule has 0 saturated heterocycles. The van der Waals surface area contributed by atoms with Gasteiger partial charge in [-0.05, 0) is 24.4 Å². The molecule has 0 aliphatic heterocycles. The number of hydrogen-bond acceptors (Lipinski definition) is 5. The molecule has 0 aliphatic rings. The topological polar surface area (TPSA) is 55.2 Å². The molecule has 1 unspecified atom stereocenters. The Hall–Kier alpha value is -0.520. The lowest BCUT2D eigenvalue weighted by atomic mass is 10.2. The fraction of sp³-hybridized carbons (Fsp3) is 0.714. The summed E-state index contributed by atoms with van der Waals surface area (Å²) in [6.45, 7) is 0.684. The van der Waals surface area contributed by atoms with Gasteiger partial charge in [0.1, 0.15) is 0 Å². The van der Waals surface area contributed by atoms with Gasteiger partial charge < -0.3 is 9.84 Å². The lowest BCUT2D eigenvalue weighted by Crippen LogP contribution is -1.97. The number of aliphatic hydroxyl groups is 1. The van der Waals surface area contributed by atoms with Crippen LogP contribution in [-0.2, 0) is 4.74 Å². The van der Waals surface area contributed by atoms with Gasteiger partial charge in [-0.3, -0.25) is 0 Å². The Morgan fingerprint density at radius 3 is 3.17 bits per heavy atom. The highest BCUT2D eigenvalue weighted by Gasteiger charge is 2.08. The zero-order chi connectivity index (χ0) is 8.81. The largest absolute Gasteiger partial charge is 0.387 e. The monoisotopic (exact) mass is 188 g/mol. The van der Waals surface area contributed by atoms with Crippen molar-refractivity contribution >= 4 is 11.5 Å². The van der Waals surface area contributed by atoms with Gasteiger partial charge in [0.2, 0.25) is 0 Å². The zero-order valence-electron chi connectivity index (χ0n) is 6.93. The fourth-order valence-electron chi connectivity index (χ4n) is 0.885. The van der Waals surface area contributed by atoms with Gasteiger partial charge in [0, 0.05) is 13.7 Å². The Bertz CT molecular complexity index is 203. The van der Waals surface area contributed by atoms with E-state index in [1.165, 1.54) is 11.5 Å². The normalized spacial score (nSPS) is 13.2. The van der Waals surface area contributed by atoms with Gasteiger partial charge in [-0.1, -0.05) is 4.49 Å². The molecule has 1 heterocycles. The highest BCUT2D eigenvalue weighted by Crippen LogP contribution is 2.19. The number of methoxy groups -OCH3 is 1. The van der Waals surface area contributed by atoms with Crippen LogP contribution in [0.2, 0.25) is 0 Å². The van der Waals surface area contributed by atoms with Gasteiger partial charge in [0.15, 0.2) is 0 Å². The van der Waals surface area contributed by atoms with Gasteiger partial charge in [0.25, 0.3) is 0 Å². The zero-order valence-corrected chi connectivity index (χ0v) is 7.75. The molecular formula is C7H12N2O2S. The highest BCUT2D eigenvalue weighted by molar-refractivity contribution is 7.05. The van der Waals surface area contributed by atoms with Crippen LogP contribution >= 0.6 is 11.5 Å². The number of aliphatic hydroxyl groups excluding tert-OH is 1. The summed E-state index contributed by atoms with van der Waals surface area (Å²) in [5.74, 6) is 0. The van der Waals surface area contributed by atoms with E-state index in [9.17, 15) is 5.11 Å². The number of ether oxygens (including phenoxy) is 1. The van der Waals surface area contributed by atoms with E-state index in [0.29, 0.717) is 13.0 Å². The Morgan fingerprint density at radius 1 is 1.75 bits per heavy atom. The Balaban J connectivity index is 2.25. The summed E-state index contributed by atoms with van der Waals surface area (Å²) in [7, 11) is 1.65. The molecular weight excluding hydrogens is 176 g/mol. The molecule has 0 aromatic carbocycles. The lowest BCUT2D eigenvalue weighted by Gasteiger charge is -2.05. The second-order valence-corrected chi connectivity index (χ2v) is 3.29. The minimum absolute atomic E-state index is 0.430. The smallest absolute Gasteiger partial charge is 0.0915 e. The molecule has 0 bridgehead atoms.